The van der Waals surface area contributed by atoms with Gasteiger partial charge < -0.3 is 10.1 Å². The summed E-state index contributed by atoms with van der Waals surface area (Å²) in [6, 6.07) is 4.17. The van der Waals surface area contributed by atoms with Gasteiger partial charge in [-0.15, -0.1) is 11.3 Å². The van der Waals surface area contributed by atoms with Crippen molar-refractivity contribution in [1.82, 2.24) is 5.32 Å². The number of ketones is 1. The molecule has 0 bridgehead atoms. The van der Waals surface area contributed by atoms with Crippen molar-refractivity contribution in [2.24, 2.45) is 0 Å². The van der Waals surface area contributed by atoms with Gasteiger partial charge in [-0.25, -0.2) is 0 Å². The summed E-state index contributed by atoms with van der Waals surface area (Å²) in [6.45, 7) is 1.93. The van der Waals surface area contributed by atoms with E-state index in [1.54, 1.807) is 0 Å². The predicted octanol–water partition coefficient (Wildman–Crippen LogP) is 1.70. The van der Waals surface area contributed by atoms with E-state index in [1.807, 2.05) is 17.5 Å². The second-order valence-corrected chi connectivity index (χ2v) is 4.66. The molecule has 0 spiro atoms. The molecule has 82 valence electrons. The van der Waals surface area contributed by atoms with E-state index in [9.17, 15) is 4.79 Å². The van der Waals surface area contributed by atoms with Gasteiger partial charge in [-0.3, -0.25) is 4.79 Å². The third-order valence-corrected chi connectivity index (χ3v) is 3.42. The van der Waals surface area contributed by atoms with Crippen molar-refractivity contribution in [1.29, 1.82) is 0 Å². The molecule has 1 saturated heterocycles. The number of rotatable bonds is 5. The Morgan fingerprint density at radius 2 is 2.60 bits per heavy atom. The van der Waals surface area contributed by atoms with Gasteiger partial charge in [0.05, 0.1) is 11.5 Å². The molecule has 1 aliphatic heterocycles. The average Bonchev–Trinajstić information content (AvgIpc) is 2.90. The van der Waals surface area contributed by atoms with Crippen LogP contribution < -0.4 is 5.32 Å². The molecule has 0 unspecified atom stereocenters. The standard InChI is InChI=1S/C11H15NO2S/c13-10(11-4-2-6-15-11)8-14-7-9-3-1-5-12-9/h2,4,6,9,12H,1,3,5,7-8H2/t9-/m0/s1. The molecule has 1 aromatic heterocycles. The molecule has 0 aliphatic carbocycles. The quantitative estimate of drug-likeness (QED) is 0.775. The Morgan fingerprint density at radius 3 is 3.27 bits per heavy atom. The Hall–Kier alpha value is -0.710. The topological polar surface area (TPSA) is 38.3 Å². The summed E-state index contributed by atoms with van der Waals surface area (Å²) in [5, 5.41) is 5.24. The number of hydrogen-bond donors (Lipinski definition) is 1. The van der Waals surface area contributed by atoms with Gasteiger partial charge in [0.2, 0.25) is 0 Å². The summed E-state index contributed by atoms with van der Waals surface area (Å²) >= 11 is 1.47. The van der Waals surface area contributed by atoms with E-state index in [0.29, 0.717) is 12.6 Å². The lowest BCUT2D eigenvalue weighted by Crippen LogP contribution is -2.27. The lowest BCUT2D eigenvalue weighted by molar-refractivity contribution is 0.0727. The van der Waals surface area contributed by atoms with Crippen molar-refractivity contribution in [3.63, 3.8) is 0 Å². The summed E-state index contributed by atoms with van der Waals surface area (Å²) < 4.78 is 5.40. The highest BCUT2D eigenvalue weighted by atomic mass is 32.1. The van der Waals surface area contributed by atoms with Crippen molar-refractivity contribution in [3.05, 3.63) is 22.4 Å². The molecule has 3 nitrogen and oxygen atoms in total. The molecular weight excluding hydrogens is 210 g/mol. The predicted molar refractivity (Wildman–Crippen MR) is 60.5 cm³/mol. The molecular formula is C11H15NO2S. The third kappa shape index (κ3) is 3.12. The van der Waals surface area contributed by atoms with Crippen molar-refractivity contribution >= 4 is 17.1 Å². The van der Waals surface area contributed by atoms with Crippen LogP contribution in [-0.2, 0) is 4.74 Å². The van der Waals surface area contributed by atoms with E-state index in [0.717, 1.165) is 17.8 Å². The normalized spacial score (nSPS) is 20.7. The van der Waals surface area contributed by atoms with E-state index in [-0.39, 0.29) is 12.4 Å². The third-order valence-electron chi connectivity index (χ3n) is 2.51. The average molecular weight is 225 g/mol. The number of thiophene rings is 1. The fourth-order valence-electron chi connectivity index (χ4n) is 1.70. The number of hydrogen-bond acceptors (Lipinski definition) is 4. The minimum Gasteiger partial charge on any atom is -0.372 e. The molecule has 0 saturated carbocycles. The van der Waals surface area contributed by atoms with Gasteiger partial charge in [-0.2, -0.15) is 0 Å². The first-order valence-electron chi connectivity index (χ1n) is 5.24. The molecule has 4 heteroatoms. The molecule has 15 heavy (non-hydrogen) atoms. The highest BCUT2D eigenvalue weighted by Crippen LogP contribution is 2.10. The minimum absolute atomic E-state index is 0.0861. The van der Waals surface area contributed by atoms with Crippen LogP contribution in [0.15, 0.2) is 17.5 Å². The van der Waals surface area contributed by atoms with Crippen molar-refractivity contribution in [3.8, 4) is 0 Å². The lowest BCUT2D eigenvalue weighted by Gasteiger charge is -2.09. The Kier molecular flexibility index (Phi) is 3.88. The van der Waals surface area contributed by atoms with Crippen LogP contribution in [0.4, 0.5) is 0 Å². The van der Waals surface area contributed by atoms with Crippen molar-refractivity contribution in [2.75, 3.05) is 19.8 Å². The first kappa shape index (κ1) is 10.8. The second-order valence-electron chi connectivity index (χ2n) is 3.71. The van der Waals surface area contributed by atoms with Crippen LogP contribution >= 0.6 is 11.3 Å². The number of ether oxygens (including phenoxy) is 1. The number of Topliss-reactive ketones (excluding diaryl/α,β-unsaturated/α-hetero) is 1. The van der Waals surface area contributed by atoms with Crippen LogP contribution in [0.1, 0.15) is 22.5 Å². The maximum atomic E-state index is 11.5. The van der Waals surface area contributed by atoms with E-state index >= 15 is 0 Å². The van der Waals surface area contributed by atoms with Gasteiger partial charge >= 0.3 is 0 Å². The zero-order chi connectivity index (χ0) is 10.5. The first-order valence-corrected chi connectivity index (χ1v) is 6.12. The van der Waals surface area contributed by atoms with Crippen LogP contribution in [0.25, 0.3) is 0 Å². The highest BCUT2D eigenvalue weighted by molar-refractivity contribution is 7.12. The van der Waals surface area contributed by atoms with Crippen molar-refractivity contribution < 1.29 is 9.53 Å². The van der Waals surface area contributed by atoms with Crippen molar-refractivity contribution in [2.45, 2.75) is 18.9 Å². The van der Waals surface area contributed by atoms with Crippen LogP contribution in [0.2, 0.25) is 0 Å². The van der Waals surface area contributed by atoms with E-state index in [2.05, 4.69) is 5.32 Å². The van der Waals surface area contributed by atoms with E-state index in [4.69, 9.17) is 4.74 Å². The van der Waals surface area contributed by atoms with Gasteiger partial charge in [-0.05, 0) is 30.8 Å². The summed E-state index contributed by atoms with van der Waals surface area (Å²) in [5.74, 6) is 0.0861. The zero-order valence-electron chi connectivity index (χ0n) is 8.57. The maximum absolute atomic E-state index is 11.5. The first-order chi connectivity index (χ1) is 7.36. The van der Waals surface area contributed by atoms with Gasteiger partial charge in [0.25, 0.3) is 0 Å². The Morgan fingerprint density at radius 1 is 1.67 bits per heavy atom. The molecule has 2 heterocycles. The summed E-state index contributed by atoms with van der Waals surface area (Å²) in [6.07, 6.45) is 2.38. The van der Waals surface area contributed by atoms with Crippen LogP contribution in [0, 0.1) is 0 Å². The highest BCUT2D eigenvalue weighted by Gasteiger charge is 2.14. The van der Waals surface area contributed by atoms with Crippen LogP contribution in [0.3, 0.4) is 0 Å². The molecule has 1 fully saturated rings. The van der Waals surface area contributed by atoms with Gasteiger partial charge in [0, 0.05) is 6.04 Å². The SMILES string of the molecule is O=C(COC[C@@H]1CCCN1)c1cccs1. The fourth-order valence-corrected chi connectivity index (χ4v) is 2.35. The molecule has 0 aromatic carbocycles. The van der Waals surface area contributed by atoms with Crippen LogP contribution in [-0.4, -0.2) is 31.6 Å². The maximum Gasteiger partial charge on any atom is 0.198 e. The lowest BCUT2D eigenvalue weighted by atomic mass is 10.2. The molecule has 1 atom stereocenters. The Labute approximate surface area is 93.4 Å². The molecule has 1 aromatic rings. The smallest absolute Gasteiger partial charge is 0.198 e. The largest absolute Gasteiger partial charge is 0.372 e. The molecule has 1 N–H and O–H groups in total. The fraction of sp³-hybridized carbons (Fsp3) is 0.545. The second kappa shape index (κ2) is 5.39. The molecule has 2 rings (SSSR count). The van der Waals surface area contributed by atoms with Crippen LogP contribution in [0.5, 0.6) is 0 Å². The number of carbonyl (C=O) groups excluding carboxylic acids is 1. The molecule has 1 aliphatic rings. The molecule has 0 radical (unpaired) electrons. The van der Waals surface area contributed by atoms with Gasteiger partial charge in [-0.1, -0.05) is 6.07 Å². The zero-order valence-corrected chi connectivity index (χ0v) is 9.39. The number of nitrogens with one attached hydrogen (secondary N) is 1. The summed E-state index contributed by atoms with van der Waals surface area (Å²) in [4.78, 5) is 12.3. The monoisotopic (exact) mass is 225 g/mol. The minimum atomic E-state index is 0.0861. The number of carbonyl (C=O) groups is 1. The Balaban J connectivity index is 1.67. The summed E-state index contributed by atoms with van der Waals surface area (Å²) in [7, 11) is 0. The van der Waals surface area contributed by atoms with E-state index < -0.39 is 0 Å². The van der Waals surface area contributed by atoms with E-state index in [1.165, 1.54) is 17.8 Å². The molecule has 0 amide bonds. The van der Waals surface area contributed by atoms with Gasteiger partial charge in [0.1, 0.15) is 6.61 Å². The Bertz CT molecular complexity index is 304. The summed E-state index contributed by atoms with van der Waals surface area (Å²) in [5.41, 5.74) is 0. The van der Waals surface area contributed by atoms with Gasteiger partial charge in [0.15, 0.2) is 5.78 Å².